The highest BCUT2D eigenvalue weighted by Gasteiger charge is 2.35. The Morgan fingerprint density at radius 3 is 2.57 bits per heavy atom. The number of nitrogens with zero attached hydrogens (tertiary/aromatic N) is 5. The van der Waals surface area contributed by atoms with E-state index >= 15 is 0 Å². The molecule has 2 saturated heterocycles. The van der Waals surface area contributed by atoms with Gasteiger partial charge in [0.2, 0.25) is 0 Å². The maximum atomic E-state index is 13.1. The van der Waals surface area contributed by atoms with Gasteiger partial charge in [-0.1, -0.05) is 6.07 Å². The number of aromatic nitrogens is 2. The average molecular weight is 489 g/mol. The van der Waals surface area contributed by atoms with Crippen LogP contribution in [0.1, 0.15) is 41.8 Å². The van der Waals surface area contributed by atoms with Crippen molar-refractivity contribution in [1.82, 2.24) is 30.0 Å². The van der Waals surface area contributed by atoms with E-state index in [0.29, 0.717) is 43.4 Å². The first-order valence-corrected chi connectivity index (χ1v) is 12.3. The molecule has 0 bridgehead atoms. The first-order valence-electron chi connectivity index (χ1n) is 12.3. The number of hydrogen-bond donors (Lipinski definition) is 1. The summed E-state index contributed by atoms with van der Waals surface area (Å²) in [6.07, 6.45) is 1.78. The topological polar surface area (TPSA) is 64.6 Å². The number of carbonyl (C=O) groups is 1. The fourth-order valence-electron chi connectivity index (χ4n) is 5.33. The third-order valence-corrected chi connectivity index (χ3v) is 7.27. The van der Waals surface area contributed by atoms with Gasteiger partial charge in [-0.3, -0.25) is 14.9 Å². The fraction of sp³-hybridized carbons (Fsp3) is 0.560. The van der Waals surface area contributed by atoms with Crippen LogP contribution in [0.25, 0.3) is 0 Å². The number of hydrogen-bond acceptors (Lipinski definition) is 5. The van der Waals surface area contributed by atoms with Crippen LogP contribution in [0.2, 0.25) is 0 Å². The molecule has 2 fully saturated rings. The van der Waals surface area contributed by atoms with Crippen molar-refractivity contribution in [3.8, 4) is 0 Å². The number of fused-ring (bicyclic) bond motifs is 1. The lowest BCUT2D eigenvalue weighted by Crippen LogP contribution is -2.48. The van der Waals surface area contributed by atoms with Crippen LogP contribution >= 0.6 is 0 Å². The molecule has 0 radical (unpaired) electrons. The van der Waals surface area contributed by atoms with Crippen LogP contribution in [0.5, 0.6) is 0 Å². The van der Waals surface area contributed by atoms with Crippen molar-refractivity contribution in [3.63, 3.8) is 0 Å². The van der Waals surface area contributed by atoms with Gasteiger partial charge in [-0.05, 0) is 43.0 Å². The molecule has 5 heterocycles. The number of piperidine rings is 1. The van der Waals surface area contributed by atoms with E-state index in [0.717, 1.165) is 56.9 Å². The van der Waals surface area contributed by atoms with E-state index in [1.807, 2.05) is 23.2 Å². The molecule has 2 aromatic rings. The maximum absolute atomic E-state index is 13.1. The highest BCUT2D eigenvalue weighted by Crippen LogP contribution is 2.31. The molecular weight excluding hydrogens is 457 g/mol. The second-order valence-electron chi connectivity index (χ2n) is 9.75. The molecule has 5 rings (SSSR count). The standard InChI is InChI=1S/C25H31F3N6O/c26-25(27,28)19-13-18-15-33(12-7-23(18)30-14-19)24(35)34-11-6-22(17-34)31-20-4-9-32(10-5-20)16-21-3-1-2-8-29-21/h1-3,8,13-14,20,22,31H,4-7,9-12,15-17H2. The minimum absolute atomic E-state index is 0.0949. The maximum Gasteiger partial charge on any atom is 0.417 e. The van der Waals surface area contributed by atoms with Crippen molar-refractivity contribution in [1.29, 1.82) is 0 Å². The van der Waals surface area contributed by atoms with Crippen LogP contribution in [0.4, 0.5) is 18.0 Å². The summed E-state index contributed by atoms with van der Waals surface area (Å²) in [4.78, 5) is 27.4. The minimum Gasteiger partial charge on any atom is -0.323 e. The molecule has 35 heavy (non-hydrogen) atoms. The Morgan fingerprint density at radius 2 is 1.83 bits per heavy atom. The summed E-state index contributed by atoms with van der Waals surface area (Å²) in [7, 11) is 0. The zero-order valence-corrected chi connectivity index (χ0v) is 19.7. The van der Waals surface area contributed by atoms with E-state index < -0.39 is 11.7 Å². The molecule has 1 unspecified atom stereocenters. The molecule has 7 nitrogen and oxygen atoms in total. The molecule has 0 aromatic carbocycles. The first kappa shape index (κ1) is 24.0. The molecule has 0 spiro atoms. The van der Waals surface area contributed by atoms with Gasteiger partial charge < -0.3 is 15.1 Å². The quantitative estimate of drug-likeness (QED) is 0.716. The van der Waals surface area contributed by atoms with Gasteiger partial charge in [0.05, 0.1) is 11.3 Å². The first-order chi connectivity index (χ1) is 16.8. The minimum atomic E-state index is -4.43. The molecule has 1 N–H and O–H groups in total. The second-order valence-corrected chi connectivity index (χ2v) is 9.75. The summed E-state index contributed by atoms with van der Waals surface area (Å²) in [5, 5.41) is 3.74. The number of nitrogens with one attached hydrogen (secondary N) is 1. The molecular formula is C25H31F3N6O. The number of pyridine rings is 2. The summed E-state index contributed by atoms with van der Waals surface area (Å²) >= 11 is 0. The molecule has 2 aromatic heterocycles. The Bertz CT molecular complexity index is 1030. The fourth-order valence-corrected chi connectivity index (χ4v) is 5.33. The number of halogens is 3. The number of likely N-dealkylation sites (tertiary alicyclic amines) is 2. The van der Waals surface area contributed by atoms with Gasteiger partial charge >= 0.3 is 12.2 Å². The number of carbonyl (C=O) groups excluding carboxylic acids is 1. The van der Waals surface area contributed by atoms with E-state index in [1.165, 1.54) is 0 Å². The largest absolute Gasteiger partial charge is 0.417 e. The van der Waals surface area contributed by atoms with Crippen LogP contribution in [-0.2, 0) is 25.7 Å². The monoisotopic (exact) mass is 488 g/mol. The van der Waals surface area contributed by atoms with Gasteiger partial charge in [0.25, 0.3) is 0 Å². The summed E-state index contributed by atoms with van der Waals surface area (Å²) in [6.45, 7) is 4.87. The van der Waals surface area contributed by atoms with E-state index in [-0.39, 0.29) is 18.6 Å². The molecule has 3 aliphatic heterocycles. The molecule has 1 atom stereocenters. The van der Waals surface area contributed by atoms with Crippen molar-refractivity contribution in [2.75, 3.05) is 32.7 Å². The van der Waals surface area contributed by atoms with Gasteiger partial charge in [-0.15, -0.1) is 0 Å². The molecule has 188 valence electrons. The Hall–Kier alpha value is -2.72. The zero-order chi connectivity index (χ0) is 24.4. The van der Waals surface area contributed by atoms with E-state index in [9.17, 15) is 18.0 Å². The molecule has 3 aliphatic rings. The Balaban J connectivity index is 1.09. The van der Waals surface area contributed by atoms with Crippen LogP contribution in [0, 0.1) is 0 Å². The summed E-state index contributed by atoms with van der Waals surface area (Å²) in [5.41, 5.74) is 1.47. The zero-order valence-electron chi connectivity index (χ0n) is 19.7. The Morgan fingerprint density at radius 1 is 1.03 bits per heavy atom. The summed E-state index contributed by atoms with van der Waals surface area (Å²) in [5.74, 6) is 0. The van der Waals surface area contributed by atoms with Gasteiger partial charge in [-0.2, -0.15) is 13.2 Å². The van der Waals surface area contributed by atoms with Crippen LogP contribution < -0.4 is 5.32 Å². The predicted octanol–water partition coefficient (Wildman–Crippen LogP) is 3.30. The Labute approximate surface area is 203 Å². The average Bonchev–Trinajstić information content (AvgIpc) is 3.32. The highest BCUT2D eigenvalue weighted by molar-refractivity contribution is 5.75. The molecule has 2 amide bonds. The number of rotatable bonds is 4. The molecule has 10 heteroatoms. The van der Waals surface area contributed by atoms with Crippen molar-refractivity contribution in [2.24, 2.45) is 0 Å². The van der Waals surface area contributed by atoms with Gasteiger partial charge in [-0.25, -0.2) is 4.79 Å². The van der Waals surface area contributed by atoms with Crippen LogP contribution in [0.15, 0.2) is 36.7 Å². The molecule has 0 aliphatic carbocycles. The van der Waals surface area contributed by atoms with E-state index in [4.69, 9.17) is 0 Å². The SMILES string of the molecule is O=C(N1CCc2ncc(C(F)(F)F)cc2C1)N1CCC(NC2CCN(Cc3ccccn3)CC2)C1. The van der Waals surface area contributed by atoms with Crippen LogP contribution in [0.3, 0.4) is 0 Å². The lowest BCUT2D eigenvalue weighted by Gasteiger charge is -2.34. The highest BCUT2D eigenvalue weighted by atomic mass is 19.4. The van der Waals surface area contributed by atoms with E-state index in [2.05, 4.69) is 26.3 Å². The predicted molar refractivity (Wildman–Crippen MR) is 124 cm³/mol. The van der Waals surface area contributed by atoms with Crippen LogP contribution in [-0.4, -0.2) is 75.5 Å². The number of urea groups is 1. The summed E-state index contributed by atoms with van der Waals surface area (Å²) in [6, 6.07) is 7.73. The smallest absolute Gasteiger partial charge is 0.323 e. The number of alkyl halides is 3. The van der Waals surface area contributed by atoms with Gasteiger partial charge in [0.15, 0.2) is 0 Å². The van der Waals surface area contributed by atoms with Gasteiger partial charge in [0.1, 0.15) is 0 Å². The normalized spacial score (nSPS) is 21.9. The van der Waals surface area contributed by atoms with E-state index in [1.54, 1.807) is 4.90 Å². The van der Waals surface area contributed by atoms with Gasteiger partial charge in [0, 0.05) is 82.4 Å². The lowest BCUT2D eigenvalue weighted by molar-refractivity contribution is -0.137. The van der Waals surface area contributed by atoms with Crippen molar-refractivity contribution < 1.29 is 18.0 Å². The third kappa shape index (κ3) is 5.75. The summed E-state index contributed by atoms with van der Waals surface area (Å²) < 4.78 is 39.2. The molecule has 0 saturated carbocycles. The number of amides is 2. The Kier molecular flexibility index (Phi) is 6.93. The lowest BCUT2D eigenvalue weighted by atomic mass is 10.0. The van der Waals surface area contributed by atoms with Crippen molar-refractivity contribution in [3.05, 3.63) is 59.2 Å². The second kappa shape index (κ2) is 10.1. The van der Waals surface area contributed by atoms with Crippen molar-refractivity contribution >= 4 is 6.03 Å². The van der Waals surface area contributed by atoms with Crippen molar-refractivity contribution in [2.45, 2.75) is 57.0 Å². The third-order valence-electron chi connectivity index (χ3n) is 7.27.